The lowest BCUT2D eigenvalue weighted by atomic mass is 10.4. The van der Waals surface area contributed by atoms with Crippen LogP contribution < -0.4 is 0 Å². The molecule has 1 saturated heterocycles. The van der Waals surface area contributed by atoms with Crippen LogP contribution in [0.4, 0.5) is 0 Å². The molecule has 0 aliphatic carbocycles. The lowest BCUT2D eigenvalue weighted by molar-refractivity contribution is -0.0499. The first-order chi connectivity index (χ1) is 5.29. The minimum Gasteiger partial charge on any atom is -0.371 e. The van der Waals surface area contributed by atoms with Crippen molar-refractivity contribution in [2.75, 3.05) is 26.6 Å². The molecule has 0 aromatic rings. The van der Waals surface area contributed by atoms with Crippen molar-refractivity contribution in [1.82, 2.24) is 0 Å². The van der Waals surface area contributed by atoms with E-state index < -0.39 is 0 Å². The van der Waals surface area contributed by atoms with Gasteiger partial charge in [0.05, 0.1) is 19.8 Å². The van der Waals surface area contributed by atoms with Crippen LogP contribution >= 0.6 is 0 Å². The van der Waals surface area contributed by atoms with Crippen molar-refractivity contribution in [3.8, 4) is 0 Å². The minimum absolute atomic E-state index is 0.323. The fraction of sp³-hybridized carbons (Fsp3) is 0.750. The van der Waals surface area contributed by atoms with Crippen LogP contribution in [-0.2, 0) is 14.2 Å². The molecule has 1 fully saturated rings. The van der Waals surface area contributed by atoms with Crippen molar-refractivity contribution in [1.29, 1.82) is 0 Å². The van der Waals surface area contributed by atoms with Crippen LogP contribution in [0.1, 0.15) is 6.92 Å². The van der Waals surface area contributed by atoms with Crippen molar-refractivity contribution in [3.63, 3.8) is 0 Å². The summed E-state index contributed by atoms with van der Waals surface area (Å²) in [7, 11) is 0. The first kappa shape index (κ1) is 8.71. The second kappa shape index (κ2) is 4.49. The van der Waals surface area contributed by atoms with Gasteiger partial charge < -0.3 is 14.2 Å². The first-order valence-electron chi connectivity index (χ1n) is 3.70. The molecule has 1 atom stereocenters. The Hall–Kier alpha value is -0.380. The summed E-state index contributed by atoms with van der Waals surface area (Å²) in [5.74, 6) is 0. The van der Waals surface area contributed by atoms with E-state index in [0.717, 1.165) is 12.2 Å². The van der Waals surface area contributed by atoms with Crippen LogP contribution in [0.2, 0.25) is 0 Å². The largest absolute Gasteiger partial charge is 0.371 e. The highest BCUT2D eigenvalue weighted by molar-refractivity contribution is 4.87. The van der Waals surface area contributed by atoms with E-state index in [-0.39, 0.29) is 0 Å². The maximum atomic E-state index is 5.12. The predicted molar refractivity (Wildman–Crippen MR) is 41.3 cm³/mol. The van der Waals surface area contributed by atoms with E-state index in [1.54, 1.807) is 0 Å². The number of rotatable bonds is 6. The zero-order valence-corrected chi connectivity index (χ0v) is 6.84. The molecule has 11 heavy (non-hydrogen) atoms. The summed E-state index contributed by atoms with van der Waals surface area (Å²) in [6, 6.07) is 0. The molecule has 1 rings (SSSR count). The molecule has 0 spiro atoms. The molecular formula is C8H14O3. The Kier molecular flexibility index (Phi) is 3.56. The number of epoxide rings is 1. The van der Waals surface area contributed by atoms with Gasteiger partial charge in [-0.15, -0.1) is 0 Å². The van der Waals surface area contributed by atoms with Gasteiger partial charge in [-0.3, -0.25) is 0 Å². The van der Waals surface area contributed by atoms with E-state index in [1.807, 2.05) is 6.92 Å². The number of hydrogen-bond acceptors (Lipinski definition) is 3. The van der Waals surface area contributed by atoms with Crippen molar-refractivity contribution in [2.45, 2.75) is 13.0 Å². The van der Waals surface area contributed by atoms with Gasteiger partial charge in [-0.2, -0.15) is 0 Å². The van der Waals surface area contributed by atoms with Gasteiger partial charge in [0.2, 0.25) is 0 Å². The highest BCUT2D eigenvalue weighted by Gasteiger charge is 2.21. The van der Waals surface area contributed by atoms with Gasteiger partial charge in [0.25, 0.3) is 0 Å². The van der Waals surface area contributed by atoms with Crippen LogP contribution in [0.5, 0.6) is 0 Å². The molecule has 0 aromatic heterocycles. The molecule has 0 bridgehead atoms. The number of hydrogen-bond donors (Lipinski definition) is 0. The van der Waals surface area contributed by atoms with E-state index >= 15 is 0 Å². The van der Waals surface area contributed by atoms with E-state index in [1.165, 1.54) is 0 Å². The van der Waals surface area contributed by atoms with Crippen molar-refractivity contribution in [2.24, 2.45) is 0 Å². The Morgan fingerprint density at radius 1 is 1.64 bits per heavy atom. The Morgan fingerprint density at radius 2 is 2.36 bits per heavy atom. The lowest BCUT2D eigenvalue weighted by Crippen LogP contribution is -2.06. The second-order valence-corrected chi connectivity index (χ2v) is 2.75. The van der Waals surface area contributed by atoms with E-state index in [9.17, 15) is 0 Å². The van der Waals surface area contributed by atoms with Gasteiger partial charge in [-0.25, -0.2) is 0 Å². The summed E-state index contributed by atoms with van der Waals surface area (Å²) in [6.45, 7) is 8.01. The Balaban J connectivity index is 1.76. The maximum Gasteiger partial charge on any atom is 0.147 e. The van der Waals surface area contributed by atoms with Crippen molar-refractivity contribution in [3.05, 3.63) is 12.2 Å². The van der Waals surface area contributed by atoms with E-state index in [4.69, 9.17) is 14.2 Å². The fourth-order valence-electron chi connectivity index (χ4n) is 0.619. The average Bonchev–Trinajstić information content (AvgIpc) is 2.70. The summed E-state index contributed by atoms with van der Waals surface area (Å²) in [5.41, 5.74) is 1.01. The van der Waals surface area contributed by atoms with E-state index in [2.05, 4.69) is 6.58 Å². The molecule has 1 unspecified atom stereocenters. The smallest absolute Gasteiger partial charge is 0.147 e. The lowest BCUT2D eigenvalue weighted by Gasteiger charge is -2.02. The van der Waals surface area contributed by atoms with Crippen molar-refractivity contribution >= 4 is 0 Å². The Labute approximate surface area is 66.9 Å². The normalized spacial score (nSPS) is 21.7. The summed E-state index contributed by atoms with van der Waals surface area (Å²) in [6.07, 6.45) is 0.323. The molecule has 3 nitrogen and oxygen atoms in total. The monoisotopic (exact) mass is 158 g/mol. The van der Waals surface area contributed by atoms with E-state index in [0.29, 0.717) is 26.1 Å². The molecule has 3 heteroatoms. The quantitative estimate of drug-likeness (QED) is 0.249. The van der Waals surface area contributed by atoms with Gasteiger partial charge >= 0.3 is 0 Å². The summed E-state index contributed by atoms with van der Waals surface area (Å²) >= 11 is 0. The zero-order valence-electron chi connectivity index (χ0n) is 6.84. The summed E-state index contributed by atoms with van der Waals surface area (Å²) in [4.78, 5) is 0. The van der Waals surface area contributed by atoms with Crippen LogP contribution in [0.15, 0.2) is 12.2 Å². The van der Waals surface area contributed by atoms with Crippen LogP contribution in [0.3, 0.4) is 0 Å². The maximum absolute atomic E-state index is 5.12. The van der Waals surface area contributed by atoms with Gasteiger partial charge in [0, 0.05) is 0 Å². The Morgan fingerprint density at radius 3 is 2.91 bits per heavy atom. The predicted octanol–water partition coefficient (Wildman–Crippen LogP) is 0.952. The minimum atomic E-state index is 0.323. The summed E-state index contributed by atoms with van der Waals surface area (Å²) in [5, 5.41) is 0. The second-order valence-electron chi connectivity index (χ2n) is 2.75. The van der Waals surface area contributed by atoms with Crippen LogP contribution in [0.25, 0.3) is 0 Å². The molecule has 1 aliphatic heterocycles. The molecule has 0 radical (unpaired) electrons. The molecule has 1 heterocycles. The van der Waals surface area contributed by atoms with Gasteiger partial charge in [-0.1, -0.05) is 12.2 Å². The third kappa shape index (κ3) is 4.95. The molecule has 1 aliphatic rings. The van der Waals surface area contributed by atoms with Gasteiger partial charge in [-0.05, 0) is 6.92 Å². The van der Waals surface area contributed by atoms with Gasteiger partial charge in [0.15, 0.2) is 0 Å². The molecule has 0 aromatic carbocycles. The first-order valence-corrected chi connectivity index (χ1v) is 3.70. The highest BCUT2D eigenvalue weighted by Crippen LogP contribution is 2.08. The number of ether oxygens (including phenoxy) is 3. The standard InChI is InChI=1S/C8H14O3/c1-7(2)3-9-6-10-4-8-5-11-8/h8H,1,3-6H2,2H3. The Bertz CT molecular complexity index is 129. The van der Waals surface area contributed by atoms with Crippen molar-refractivity contribution < 1.29 is 14.2 Å². The van der Waals surface area contributed by atoms with Crippen LogP contribution in [0, 0.1) is 0 Å². The fourth-order valence-corrected chi connectivity index (χ4v) is 0.619. The zero-order chi connectivity index (χ0) is 8.10. The molecular weight excluding hydrogens is 144 g/mol. The topological polar surface area (TPSA) is 31.0 Å². The molecule has 0 saturated carbocycles. The van der Waals surface area contributed by atoms with Gasteiger partial charge in [0.1, 0.15) is 12.9 Å². The average molecular weight is 158 g/mol. The third-order valence-electron chi connectivity index (χ3n) is 1.22. The highest BCUT2D eigenvalue weighted by atomic mass is 16.7. The molecule has 0 amide bonds. The van der Waals surface area contributed by atoms with Crippen LogP contribution in [-0.4, -0.2) is 32.7 Å². The third-order valence-corrected chi connectivity index (χ3v) is 1.22. The summed E-state index contributed by atoms with van der Waals surface area (Å²) < 4.78 is 15.2. The molecule has 0 N–H and O–H groups in total. The SMILES string of the molecule is C=C(C)COCOCC1CO1. The molecule has 64 valence electrons.